The van der Waals surface area contributed by atoms with Gasteiger partial charge >= 0.3 is 0 Å². The maximum absolute atomic E-state index is 13.9. The van der Waals surface area contributed by atoms with Crippen molar-refractivity contribution in [2.75, 3.05) is 7.11 Å². The number of rotatable bonds is 7. The van der Waals surface area contributed by atoms with E-state index in [1.54, 1.807) is 37.4 Å². The fraction of sp³-hybridized carbons (Fsp3) is 0.250. The first kappa shape index (κ1) is 19.9. The second-order valence-corrected chi connectivity index (χ2v) is 7.13. The molecule has 0 saturated carbocycles. The number of aromatic nitrogens is 2. The standard InChI is InChI=1S/C20H20FN3O3S/c1-12-9-15(24-27-12)11-28-20-16(5-4-8-22-20)19(25)23-13(2)14-6-7-18(26-3)17(21)10-14/h4-10,13H,11H2,1-3H3,(H,23,25). The van der Waals surface area contributed by atoms with Crippen LogP contribution in [0.4, 0.5) is 4.39 Å². The molecule has 146 valence electrons. The predicted molar refractivity (Wildman–Crippen MR) is 104 cm³/mol. The van der Waals surface area contributed by atoms with Crippen molar-refractivity contribution >= 4 is 17.7 Å². The van der Waals surface area contributed by atoms with E-state index in [0.29, 0.717) is 21.9 Å². The molecule has 8 heteroatoms. The normalized spacial score (nSPS) is 11.9. The Kier molecular flexibility index (Phi) is 6.30. The fourth-order valence-corrected chi connectivity index (χ4v) is 3.49. The van der Waals surface area contributed by atoms with Crippen LogP contribution < -0.4 is 10.1 Å². The van der Waals surface area contributed by atoms with Crippen molar-refractivity contribution < 1.29 is 18.4 Å². The van der Waals surface area contributed by atoms with Gasteiger partial charge in [-0.25, -0.2) is 9.37 Å². The Balaban J connectivity index is 1.70. The van der Waals surface area contributed by atoms with Crippen molar-refractivity contribution in [2.45, 2.75) is 30.7 Å². The zero-order valence-corrected chi connectivity index (χ0v) is 16.5. The smallest absolute Gasteiger partial charge is 0.254 e. The number of nitrogens with zero attached hydrogens (tertiary/aromatic N) is 2. The molecule has 0 aliphatic rings. The maximum atomic E-state index is 13.9. The number of carbonyl (C=O) groups is 1. The van der Waals surface area contributed by atoms with Crippen molar-refractivity contribution in [2.24, 2.45) is 0 Å². The first-order valence-electron chi connectivity index (χ1n) is 8.62. The van der Waals surface area contributed by atoms with Crippen molar-refractivity contribution in [3.05, 3.63) is 71.0 Å². The number of amides is 1. The molecule has 0 aliphatic heterocycles. The summed E-state index contributed by atoms with van der Waals surface area (Å²) in [6, 6.07) is 9.49. The summed E-state index contributed by atoms with van der Waals surface area (Å²) in [5, 5.41) is 7.42. The molecule has 6 nitrogen and oxygen atoms in total. The zero-order valence-electron chi connectivity index (χ0n) is 15.7. The second-order valence-electron chi connectivity index (χ2n) is 6.16. The lowest BCUT2D eigenvalue weighted by Gasteiger charge is -2.16. The van der Waals surface area contributed by atoms with E-state index < -0.39 is 5.82 Å². The van der Waals surface area contributed by atoms with E-state index >= 15 is 0 Å². The van der Waals surface area contributed by atoms with Gasteiger partial charge in [-0.15, -0.1) is 0 Å². The molecule has 3 rings (SSSR count). The number of benzene rings is 1. The van der Waals surface area contributed by atoms with Crippen LogP contribution in [0.5, 0.6) is 5.75 Å². The molecule has 2 heterocycles. The summed E-state index contributed by atoms with van der Waals surface area (Å²) in [7, 11) is 1.41. The third-order valence-electron chi connectivity index (χ3n) is 4.07. The summed E-state index contributed by atoms with van der Waals surface area (Å²) < 4.78 is 23.9. The van der Waals surface area contributed by atoms with Gasteiger partial charge in [-0.05, 0) is 43.7 Å². The van der Waals surface area contributed by atoms with Crippen molar-refractivity contribution in [3.63, 3.8) is 0 Å². The summed E-state index contributed by atoms with van der Waals surface area (Å²) in [4.78, 5) is 17.1. The number of carbonyl (C=O) groups excluding carboxylic acids is 1. The number of methoxy groups -OCH3 is 1. The lowest BCUT2D eigenvalue weighted by molar-refractivity contribution is 0.0936. The Labute approximate surface area is 166 Å². The highest BCUT2D eigenvalue weighted by Gasteiger charge is 2.17. The van der Waals surface area contributed by atoms with E-state index in [1.165, 1.54) is 24.9 Å². The molecule has 0 saturated heterocycles. The van der Waals surface area contributed by atoms with Crippen LogP contribution in [0.1, 0.15) is 40.3 Å². The zero-order chi connectivity index (χ0) is 20.1. The van der Waals surface area contributed by atoms with E-state index in [1.807, 2.05) is 13.0 Å². The largest absolute Gasteiger partial charge is 0.494 e. The Hall–Kier alpha value is -2.87. The summed E-state index contributed by atoms with van der Waals surface area (Å²) in [5.74, 6) is 0.678. The lowest BCUT2D eigenvalue weighted by atomic mass is 10.1. The van der Waals surface area contributed by atoms with Gasteiger partial charge in [0, 0.05) is 18.0 Å². The molecule has 0 spiro atoms. The van der Waals surface area contributed by atoms with Gasteiger partial charge in [0.1, 0.15) is 10.8 Å². The molecule has 3 aromatic rings. The summed E-state index contributed by atoms with van der Waals surface area (Å²) >= 11 is 1.40. The molecule has 0 aliphatic carbocycles. The minimum atomic E-state index is -0.471. The first-order valence-corrected chi connectivity index (χ1v) is 9.60. The molecule has 1 atom stereocenters. The monoisotopic (exact) mass is 401 g/mol. The number of nitrogens with one attached hydrogen (secondary N) is 1. The number of thioether (sulfide) groups is 1. The average molecular weight is 401 g/mol. The van der Waals surface area contributed by atoms with Gasteiger partial charge in [0.2, 0.25) is 0 Å². The molecule has 1 N–H and O–H groups in total. The van der Waals surface area contributed by atoms with Crippen LogP contribution in [0.3, 0.4) is 0 Å². The summed E-state index contributed by atoms with van der Waals surface area (Å²) in [6.07, 6.45) is 1.63. The molecule has 0 fully saturated rings. The van der Waals surface area contributed by atoms with E-state index in [-0.39, 0.29) is 17.7 Å². The summed E-state index contributed by atoms with van der Waals surface area (Å²) in [6.45, 7) is 3.62. The highest BCUT2D eigenvalue weighted by molar-refractivity contribution is 7.98. The SMILES string of the molecule is COc1ccc(C(C)NC(=O)c2cccnc2SCc2cc(C)on2)cc1F. The van der Waals surface area contributed by atoms with Crippen LogP contribution in [0.2, 0.25) is 0 Å². The van der Waals surface area contributed by atoms with Crippen LogP contribution in [0.25, 0.3) is 0 Å². The fourth-order valence-electron chi connectivity index (χ4n) is 2.62. The number of ether oxygens (including phenoxy) is 1. The molecule has 28 heavy (non-hydrogen) atoms. The number of halogens is 1. The van der Waals surface area contributed by atoms with Crippen LogP contribution >= 0.6 is 11.8 Å². The third-order valence-corrected chi connectivity index (χ3v) is 5.11. The molecular formula is C20H20FN3O3S. The van der Waals surface area contributed by atoms with Gasteiger partial charge < -0.3 is 14.6 Å². The van der Waals surface area contributed by atoms with Crippen LogP contribution in [0, 0.1) is 12.7 Å². The Morgan fingerprint density at radius 2 is 2.18 bits per heavy atom. The van der Waals surface area contributed by atoms with Gasteiger partial charge in [0.25, 0.3) is 5.91 Å². The molecule has 1 aromatic carbocycles. The Morgan fingerprint density at radius 3 is 2.86 bits per heavy atom. The first-order chi connectivity index (χ1) is 13.5. The molecular weight excluding hydrogens is 381 g/mol. The van der Waals surface area contributed by atoms with Crippen molar-refractivity contribution in [1.29, 1.82) is 0 Å². The highest BCUT2D eigenvalue weighted by atomic mass is 32.2. The van der Waals surface area contributed by atoms with Crippen molar-refractivity contribution in [1.82, 2.24) is 15.5 Å². The number of pyridine rings is 1. The average Bonchev–Trinajstić information content (AvgIpc) is 3.11. The van der Waals surface area contributed by atoms with E-state index in [0.717, 1.165) is 11.5 Å². The molecule has 0 bridgehead atoms. The molecule has 0 radical (unpaired) electrons. The molecule has 1 amide bonds. The quantitative estimate of drug-likeness (QED) is 0.595. The lowest BCUT2D eigenvalue weighted by Crippen LogP contribution is -2.27. The molecule has 2 aromatic heterocycles. The maximum Gasteiger partial charge on any atom is 0.254 e. The minimum absolute atomic E-state index is 0.163. The van der Waals surface area contributed by atoms with E-state index in [4.69, 9.17) is 9.26 Å². The second kappa shape index (κ2) is 8.88. The van der Waals surface area contributed by atoms with Crippen LogP contribution in [-0.2, 0) is 5.75 Å². The molecule has 1 unspecified atom stereocenters. The van der Waals surface area contributed by atoms with Crippen LogP contribution in [-0.4, -0.2) is 23.2 Å². The van der Waals surface area contributed by atoms with Gasteiger partial charge in [-0.2, -0.15) is 0 Å². The number of aryl methyl sites for hydroxylation is 1. The summed E-state index contributed by atoms with van der Waals surface area (Å²) in [5.41, 5.74) is 1.87. The van der Waals surface area contributed by atoms with Gasteiger partial charge in [0.05, 0.1) is 24.4 Å². The van der Waals surface area contributed by atoms with Crippen molar-refractivity contribution in [3.8, 4) is 5.75 Å². The Bertz CT molecular complexity index is 977. The van der Waals surface area contributed by atoms with E-state index in [2.05, 4.69) is 15.5 Å². The third kappa shape index (κ3) is 4.69. The van der Waals surface area contributed by atoms with Gasteiger partial charge in [0.15, 0.2) is 11.6 Å². The van der Waals surface area contributed by atoms with Gasteiger partial charge in [-0.1, -0.05) is 23.0 Å². The number of hydrogen-bond acceptors (Lipinski definition) is 6. The van der Waals surface area contributed by atoms with Gasteiger partial charge in [-0.3, -0.25) is 4.79 Å². The minimum Gasteiger partial charge on any atom is -0.494 e. The van der Waals surface area contributed by atoms with Crippen LogP contribution in [0.15, 0.2) is 52.1 Å². The predicted octanol–water partition coefficient (Wildman–Crippen LogP) is 4.31. The Morgan fingerprint density at radius 1 is 1.36 bits per heavy atom. The topological polar surface area (TPSA) is 77.2 Å². The number of hydrogen-bond donors (Lipinski definition) is 1. The van der Waals surface area contributed by atoms with E-state index in [9.17, 15) is 9.18 Å². The highest BCUT2D eigenvalue weighted by Crippen LogP contribution is 2.26.